The van der Waals surface area contributed by atoms with Crippen LogP contribution in [0.15, 0.2) is 57.9 Å². The molecule has 0 aliphatic carbocycles. The van der Waals surface area contributed by atoms with Gasteiger partial charge in [0.05, 0.1) is 22.2 Å². The quantitative estimate of drug-likeness (QED) is 0.483. The Balaban J connectivity index is 1.84. The Labute approximate surface area is 153 Å². The molecule has 2 aromatic carbocycles. The number of hydrogen-bond donors (Lipinski definition) is 3. The minimum atomic E-state index is -1.19. The van der Waals surface area contributed by atoms with Gasteiger partial charge >= 0.3 is 5.97 Å². The minimum absolute atomic E-state index is 0.0503. The third-order valence-corrected chi connectivity index (χ3v) is 3.87. The number of aromatic hydroxyl groups is 1. The number of aryl methyl sites for hydroxylation is 1. The van der Waals surface area contributed by atoms with Crippen molar-refractivity contribution >= 4 is 34.6 Å². The lowest BCUT2D eigenvalue weighted by Gasteiger charge is -2.06. The van der Waals surface area contributed by atoms with Gasteiger partial charge in [-0.2, -0.15) is 0 Å². The Kier molecular flexibility index (Phi) is 4.76. The van der Waals surface area contributed by atoms with Crippen LogP contribution in [0.3, 0.4) is 0 Å². The van der Waals surface area contributed by atoms with Crippen LogP contribution in [0.2, 0.25) is 0 Å². The van der Waals surface area contributed by atoms with E-state index < -0.39 is 11.9 Å². The topological polar surface area (TPSA) is 117 Å². The molecule has 1 amide bonds. The molecule has 0 bridgehead atoms. The Bertz CT molecular complexity index is 1140. The number of rotatable bonds is 4. The molecule has 27 heavy (non-hydrogen) atoms. The van der Waals surface area contributed by atoms with E-state index in [-0.39, 0.29) is 28.0 Å². The standard InChI is InChI=1S/C20H15NO6/c1-11-2-6-17-14(8-11)19(24)13(10-27-17)4-7-18(23)21-15-9-12(20(25)26)3-5-16(15)22/h2-10,22H,1H3,(H,21,23)(H,25,26)/b7-4+. The zero-order valence-electron chi connectivity index (χ0n) is 14.2. The van der Waals surface area contributed by atoms with Crippen LogP contribution in [-0.2, 0) is 4.79 Å². The van der Waals surface area contributed by atoms with Gasteiger partial charge in [0.1, 0.15) is 17.6 Å². The first-order chi connectivity index (χ1) is 12.8. The van der Waals surface area contributed by atoms with Gasteiger partial charge in [-0.3, -0.25) is 9.59 Å². The fourth-order valence-corrected chi connectivity index (χ4v) is 2.48. The number of benzene rings is 2. The molecule has 0 radical (unpaired) electrons. The lowest BCUT2D eigenvalue weighted by atomic mass is 10.1. The van der Waals surface area contributed by atoms with Crippen molar-refractivity contribution < 1.29 is 24.2 Å². The number of amides is 1. The Morgan fingerprint density at radius 3 is 2.67 bits per heavy atom. The SMILES string of the molecule is Cc1ccc2occ(/C=C/C(=O)Nc3cc(C(=O)O)ccc3O)c(=O)c2c1. The van der Waals surface area contributed by atoms with Crippen LogP contribution in [0.1, 0.15) is 21.5 Å². The Hall–Kier alpha value is -3.87. The summed E-state index contributed by atoms with van der Waals surface area (Å²) in [5, 5.41) is 21.5. The Morgan fingerprint density at radius 2 is 1.93 bits per heavy atom. The molecular formula is C20H15NO6. The maximum Gasteiger partial charge on any atom is 0.335 e. The van der Waals surface area contributed by atoms with Crippen molar-refractivity contribution in [2.45, 2.75) is 6.92 Å². The lowest BCUT2D eigenvalue weighted by molar-refractivity contribution is -0.111. The lowest BCUT2D eigenvalue weighted by Crippen LogP contribution is -2.10. The highest BCUT2D eigenvalue weighted by atomic mass is 16.4. The average Bonchev–Trinajstić information content (AvgIpc) is 2.63. The zero-order valence-corrected chi connectivity index (χ0v) is 14.2. The molecule has 0 spiro atoms. The van der Waals surface area contributed by atoms with Crippen LogP contribution in [0.5, 0.6) is 5.75 Å². The van der Waals surface area contributed by atoms with E-state index in [0.29, 0.717) is 11.0 Å². The van der Waals surface area contributed by atoms with Crippen LogP contribution in [-0.4, -0.2) is 22.1 Å². The first kappa shape index (κ1) is 17.9. The summed E-state index contributed by atoms with van der Waals surface area (Å²) in [6.07, 6.45) is 3.65. The number of carboxylic acid groups (broad SMARTS) is 1. The number of anilines is 1. The van der Waals surface area contributed by atoms with E-state index in [4.69, 9.17) is 9.52 Å². The maximum absolute atomic E-state index is 12.5. The summed E-state index contributed by atoms with van der Waals surface area (Å²) < 4.78 is 5.40. The summed E-state index contributed by atoms with van der Waals surface area (Å²) >= 11 is 0. The van der Waals surface area contributed by atoms with Crippen molar-refractivity contribution in [1.82, 2.24) is 0 Å². The summed E-state index contributed by atoms with van der Waals surface area (Å²) in [6, 6.07) is 8.75. The van der Waals surface area contributed by atoms with Gasteiger partial charge in [0.2, 0.25) is 5.91 Å². The molecule has 7 heteroatoms. The van der Waals surface area contributed by atoms with E-state index >= 15 is 0 Å². The molecule has 0 saturated carbocycles. The van der Waals surface area contributed by atoms with E-state index in [1.807, 2.05) is 13.0 Å². The molecule has 0 unspecified atom stereocenters. The normalized spacial score (nSPS) is 11.0. The van der Waals surface area contributed by atoms with Crippen LogP contribution in [0.25, 0.3) is 17.0 Å². The smallest absolute Gasteiger partial charge is 0.335 e. The maximum atomic E-state index is 12.5. The van der Waals surface area contributed by atoms with Gasteiger partial charge in [-0.1, -0.05) is 11.6 Å². The summed E-state index contributed by atoms with van der Waals surface area (Å²) in [5.74, 6) is -2.11. The van der Waals surface area contributed by atoms with Gasteiger partial charge in [-0.15, -0.1) is 0 Å². The van der Waals surface area contributed by atoms with E-state index in [2.05, 4.69) is 5.32 Å². The van der Waals surface area contributed by atoms with Crippen molar-refractivity contribution in [3.05, 3.63) is 75.7 Å². The number of hydrogen-bond acceptors (Lipinski definition) is 5. The number of fused-ring (bicyclic) bond motifs is 1. The van der Waals surface area contributed by atoms with Crippen molar-refractivity contribution in [1.29, 1.82) is 0 Å². The molecule has 0 atom stereocenters. The fourth-order valence-electron chi connectivity index (χ4n) is 2.48. The summed E-state index contributed by atoms with van der Waals surface area (Å²) in [7, 11) is 0. The summed E-state index contributed by atoms with van der Waals surface area (Å²) in [5.41, 5.74) is 1.12. The van der Waals surface area contributed by atoms with Gasteiger partial charge in [0.15, 0.2) is 5.43 Å². The minimum Gasteiger partial charge on any atom is -0.506 e. The van der Waals surface area contributed by atoms with Crippen molar-refractivity contribution in [2.75, 3.05) is 5.32 Å². The summed E-state index contributed by atoms with van der Waals surface area (Å²) in [6.45, 7) is 1.85. The number of carboxylic acids is 1. The van der Waals surface area contributed by atoms with Gasteiger partial charge in [0, 0.05) is 6.08 Å². The number of phenolic OH excluding ortho intramolecular Hbond substituents is 1. The molecule has 0 aliphatic rings. The molecule has 3 rings (SSSR count). The van der Waals surface area contributed by atoms with Crippen LogP contribution in [0, 0.1) is 6.92 Å². The van der Waals surface area contributed by atoms with Gasteiger partial charge in [0.25, 0.3) is 0 Å². The highest BCUT2D eigenvalue weighted by Crippen LogP contribution is 2.24. The molecule has 3 aromatic rings. The molecule has 3 N–H and O–H groups in total. The number of carbonyl (C=O) groups excluding carboxylic acids is 1. The molecule has 0 fully saturated rings. The number of phenols is 1. The zero-order chi connectivity index (χ0) is 19.6. The van der Waals surface area contributed by atoms with E-state index in [9.17, 15) is 19.5 Å². The largest absolute Gasteiger partial charge is 0.506 e. The highest BCUT2D eigenvalue weighted by Gasteiger charge is 2.10. The molecule has 7 nitrogen and oxygen atoms in total. The first-order valence-corrected chi connectivity index (χ1v) is 7.92. The molecule has 0 saturated heterocycles. The van der Waals surface area contributed by atoms with Crippen LogP contribution >= 0.6 is 0 Å². The summed E-state index contributed by atoms with van der Waals surface area (Å²) in [4.78, 5) is 35.5. The molecule has 1 aromatic heterocycles. The van der Waals surface area contributed by atoms with Crippen molar-refractivity contribution in [3.63, 3.8) is 0 Å². The number of nitrogens with one attached hydrogen (secondary N) is 1. The fraction of sp³-hybridized carbons (Fsp3) is 0.0500. The van der Waals surface area contributed by atoms with E-state index in [1.54, 1.807) is 12.1 Å². The van der Waals surface area contributed by atoms with Crippen molar-refractivity contribution in [3.8, 4) is 5.75 Å². The predicted molar refractivity (Wildman–Crippen MR) is 100.0 cm³/mol. The predicted octanol–water partition coefficient (Wildman–Crippen LogP) is 3.16. The van der Waals surface area contributed by atoms with Gasteiger partial charge in [-0.05, 0) is 43.3 Å². The second-order valence-corrected chi connectivity index (χ2v) is 5.88. The first-order valence-electron chi connectivity index (χ1n) is 7.92. The highest BCUT2D eigenvalue weighted by molar-refractivity contribution is 6.03. The number of carbonyl (C=O) groups is 2. The average molecular weight is 365 g/mol. The molecular weight excluding hydrogens is 350 g/mol. The van der Waals surface area contributed by atoms with Crippen LogP contribution in [0.4, 0.5) is 5.69 Å². The number of aromatic carboxylic acids is 1. The van der Waals surface area contributed by atoms with Crippen molar-refractivity contribution in [2.24, 2.45) is 0 Å². The third kappa shape index (κ3) is 3.87. The molecule has 0 aliphatic heterocycles. The monoisotopic (exact) mass is 365 g/mol. The second kappa shape index (κ2) is 7.17. The van der Waals surface area contributed by atoms with E-state index in [1.165, 1.54) is 24.5 Å². The second-order valence-electron chi connectivity index (χ2n) is 5.88. The Morgan fingerprint density at radius 1 is 1.15 bits per heavy atom. The third-order valence-electron chi connectivity index (χ3n) is 3.87. The van der Waals surface area contributed by atoms with Gasteiger partial charge < -0.3 is 19.9 Å². The molecule has 1 heterocycles. The molecule has 136 valence electrons. The van der Waals surface area contributed by atoms with Crippen LogP contribution < -0.4 is 10.7 Å². The van der Waals surface area contributed by atoms with E-state index in [0.717, 1.165) is 17.7 Å². The van der Waals surface area contributed by atoms with Gasteiger partial charge in [-0.25, -0.2) is 4.79 Å².